The Kier molecular flexibility index (Phi) is 4.29. The summed E-state index contributed by atoms with van der Waals surface area (Å²) in [5.74, 6) is 0.829. The van der Waals surface area contributed by atoms with Crippen LogP contribution in [0.3, 0.4) is 0 Å². The van der Waals surface area contributed by atoms with Crippen molar-refractivity contribution in [1.29, 1.82) is 0 Å². The fourth-order valence-electron chi connectivity index (χ4n) is 3.30. The zero-order chi connectivity index (χ0) is 14.7. The molecule has 0 bridgehead atoms. The molecular formula is C16H23N5. The SMILES string of the molecule is CC(N[C@@H](C)C1CCCC1)c1cccc(-n2cnnn2)c1. The van der Waals surface area contributed by atoms with Gasteiger partial charge in [-0.2, -0.15) is 0 Å². The van der Waals surface area contributed by atoms with E-state index in [-0.39, 0.29) is 0 Å². The van der Waals surface area contributed by atoms with Gasteiger partial charge in [0.2, 0.25) is 0 Å². The molecule has 1 unspecified atom stereocenters. The van der Waals surface area contributed by atoms with Crippen molar-refractivity contribution in [1.82, 2.24) is 25.5 Å². The van der Waals surface area contributed by atoms with Crippen LogP contribution in [0.5, 0.6) is 0 Å². The van der Waals surface area contributed by atoms with Crippen molar-refractivity contribution in [2.75, 3.05) is 0 Å². The van der Waals surface area contributed by atoms with Gasteiger partial charge in [-0.1, -0.05) is 25.0 Å². The molecule has 2 atom stereocenters. The highest BCUT2D eigenvalue weighted by molar-refractivity contribution is 5.35. The van der Waals surface area contributed by atoms with E-state index < -0.39 is 0 Å². The maximum Gasteiger partial charge on any atom is 0.143 e. The van der Waals surface area contributed by atoms with Gasteiger partial charge >= 0.3 is 0 Å². The Hall–Kier alpha value is -1.75. The Bertz CT molecular complexity index is 560. The van der Waals surface area contributed by atoms with E-state index in [0.29, 0.717) is 12.1 Å². The van der Waals surface area contributed by atoms with E-state index in [0.717, 1.165) is 11.6 Å². The topological polar surface area (TPSA) is 55.6 Å². The molecule has 1 heterocycles. The summed E-state index contributed by atoms with van der Waals surface area (Å²) in [6.45, 7) is 4.54. The van der Waals surface area contributed by atoms with E-state index in [1.165, 1.54) is 31.2 Å². The maximum atomic E-state index is 3.95. The monoisotopic (exact) mass is 285 g/mol. The van der Waals surface area contributed by atoms with E-state index in [1.54, 1.807) is 11.0 Å². The minimum atomic E-state index is 0.331. The molecule has 5 heteroatoms. The summed E-state index contributed by atoms with van der Waals surface area (Å²) in [7, 11) is 0. The molecule has 1 aliphatic carbocycles. The lowest BCUT2D eigenvalue weighted by molar-refractivity contribution is 0.352. The molecule has 0 amide bonds. The highest BCUT2D eigenvalue weighted by Gasteiger charge is 2.22. The number of tetrazole rings is 1. The van der Waals surface area contributed by atoms with Crippen molar-refractivity contribution >= 4 is 0 Å². The third-order valence-electron chi connectivity index (χ3n) is 4.60. The molecule has 21 heavy (non-hydrogen) atoms. The number of rotatable bonds is 5. The molecule has 5 nitrogen and oxygen atoms in total. The maximum absolute atomic E-state index is 3.95. The average Bonchev–Trinajstić information content (AvgIpc) is 3.20. The first-order valence-corrected chi connectivity index (χ1v) is 7.83. The van der Waals surface area contributed by atoms with Gasteiger partial charge in [0, 0.05) is 12.1 Å². The summed E-state index contributed by atoms with van der Waals surface area (Å²) in [5, 5.41) is 15.1. The highest BCUT2D eigenvalue weighted by atomic mass is 15.5. The lowest BCUT2D eigenvalue weighted by atomic mass is 9.97. The third-order valence-corrected chi connectivity index (χ3v) is 4.60. The Morgan fingerprint density at radius 1 is 1.24 bits per heavy atom. The standard InChI is InChI=1S/C16H23N5/c1-12(14-6-3-4-7-14)18-13(2)15-8-5-9-16(10-15)21-11-17-19-20-21/h5,8-14,18H,3-4,6-7H2,1-2H3/t12-,13?/m0/s1. The van der Waals surface area contributed by atoms with Gasteiger partial charge in [0.1, 0.15) is 6.33 Å². The summed E-state index contributed by atoms with van der Waals surface area (Å²) in [4.78, 5) is 0. The second-order valence-electron chi connectivity index (χ2n) is 6.07. The van der Waals surface area contributed by atoms with Gasteiger partial charge in [-0.25, -0.2) is 4.68 Å². The van der Waals surface area contributed by atoms with Crippen LogP contribution in [0.15, 0.2) is 30.6 Å². The van der Waals surface area contributed by atoms with Crippen LogP contribution >= 0.6 is 0 Å². The van der Waals surface area contributed by atoms with Crippen molar-refractivity contribution in [3.63, 3.8) is 0 Å². The molecule has 2 aromatic rings. The van der Waals surface area contributed by atoms with Gasteiger partial charge in [-0.3, -0.25) is 0 Å². The van der Waals surface area contributed by atoms with Gasteiger partial charge in [0.25, 0.3) is 0 Å². The van der Waals surface area contributed by atoms with Gasteiger partial charge in [-0.15, -0.1) is 5.10 Å². The summed E-state index contributed by atoms with van der Waals surface area (Å²) in [6, 6.07) is 9.29. The van der Waals surface area contributed by atoms with Crippen LogP contribution in [0.2, 0.25) is 0 Å². The summed E-state index contributed by atoms with van der Waals surface area (Å²) in [5.41, 5.74) is 2.27. The number of nitrogens with one attached hydrogen (secondary N) is 1. The fourth-order valence-corrected chi connectivity index (χ4v) is 3.30. The van der Waals surface area contributed by atoms with Crippen LogP contribution in [0.1, 0.15) is 51.1 Å². The number of aromatic nitrogens is 4. The molecule has 0 radical (unpaired) electrons. The highest BCUT2D eigenvalue weighted by Crippen LogP contribution is 2.29. The molecule has 1 aromatic heterocycles. The number of benzene rings is 1. The molecule has 1 aromatic carbocycles. The molecule has 0 saturated heterocycles. The summed E-state index contributed by atoms with van der Waals surface area (Å²) in [6.07, 6.45) is 7.13. The van der Waals surface area contributed by atoms with Crippen molar-refractivity contribution in [3.8, 4) is 5.69 Å². The second kappa shape index (κ2) is 6.35. The van der Waals surface area contributed by atoms with Gasteiger partial charge < -0.3 is 5.32 Å². The zero-order valence-corrected chi connectivity index (χ0v) is 12.7. The van der Waals surface area contributed by atoms with E-state index in [2.05, 4.69) is 52.9 Å². The first-order valence-electron chi connectivity index (χ1n) is 7.83. The lowest BCUT2D eigenvalue weighted by Gasteiger charge is -2.25. The molecule has 1 saturated carbocycles. The second-order valence-corrected chi connectivity index (χ2v) is 6.07. The predicted octanol–water partition coefficient (Wildman–Crippen LogP) is 2.89. The van der Waals surface area contributed by atoms with Crippen LogP contribution in [0.25, 0.3) is 5.69 Å². The lowest BCUT2D eigenvalue weighted by Crippen LogP contribution is -2.34. The average molecular weight is 285 g/mol. The smallest absolute Gasteiger partial charge is 0.143 e. The summed E-state index contributed by atoms with van der Waals surface area (Å²) >= 11 is 0. The van der Waals surface area contributed by atoms with Crippen LogP contribution in [-0.4, -0.2) is 26.2 Å². The molecular weight excluding hydrogens is 262 g/mol. The van der Waals surface area contributed by atoms with Gasteiger partial charge in [0.15, 0.2) is 0 Å². The fraction of sp³-hybridized carbons (Fsp3) is 0.562. The zero-order valence-electron chi connectivity index (χ0n) is 12.7. The van der Waals surface area contributed by atoms with Crippen LogP contribution in [0.4, 0.5) is 0 Å². The van der Waals surface area contributed by atoms with Gasteiger partial charge in [-0.05, 0) is 60.7 Å². The number of nitrogens with zero attached hydrogens (tertiary/aromatic N) is 4. The first-order chi connectivity index (χ1) is 10.2. The van der Waals surface area contributed by atoms with Crippen molar-refractivity contribution in [3.05, 3.63) is 36.2 Å². The molecule has 1 N–H and O–H groups in total. The molecule has 1 fully saturated rings. The number of hydrogen-bond donors (Lipinski definition) is 1. The van der Waals surface area contributed by atoms with E-state index in [4.69, 9.17) is 0 Å². The van der Waals surface area contributed by atoms with Crippen molar-refractivity contribution in [2.45, 2.75) is 51.6 Å². The Morgan fingerprint density at radius 3 is 2.76 bits per heavy atom. The summed E-state index contributed by atoms with van der Waals surface area (Å²) < 4.78 is 1.69. The van der Waals surface area contributed by atoms with Crippen molar-refractivity contribution < 1.29 is 0 Å². The normalized spacial score (nSPS) is 18.8. The third kappa shape index (κ3) is 3.29. The van der Waals surface area contributed by atoms with E-state index in [1.807, 2.05) is 6.07 Å². The van der Waals surface area contributed by atoms with Crippen molar-refractivity contribution in [2.24, 2.45) is 5.92 Å². The molecule has 3 rings (SSSR count). The van der Waals surface area contributed by atoms with Crippen LogP contribution < -0.4 is 5.32 Å². The number of hydrogen-bond acceptors (Lipinski definition) is 4. The van der Waals surface area contributed by atoms with Crippen LogP contribution in [-0.2, 0) is 0 Å². The minimum absolute atomic E-state index is 0.331. The molecule has 112 valence electrons. The largest absolute Gasteiger partial charge is 0.307 e. The predicted molar refractivity (Wildman–Crippen MR) is 82.1 cm³/mol. The molecule has 0 aliphatic heterocycles. The van der Waals surface area contributed by atoms with Gasteiger partial charge in [0.05, 0.1) is 5.69 Å². The van der Waals surface area contributed by atoms with E-state index in [9.17, 15) is 0 Å². The quantitative estimate of drug-likeness (QED) is 0.917. The van der Waals surface area contributed by atoms with E-state index >= 15 is 0 Å². The van der Waals surface area contributed by atoms with Crippen LogP contribution in [0, 0.1) is 5.92 Å². The molecule has 0 spiro atoms. The Morgan fingerprint density at radius 2 is 2.05 bits per heavy atom. The minimum Gasteiger partial charge on any atom is -0.307 e. The Labute approximate surface area is 125 Å². The molecule has 1 aliphatic rings. The Balaban J connectivity index is 1.69. The first kappa shape index (κ1) is 14.2.